The highest BCUT2D eigenvalue weighted by Gasteiger charge is 2.18. The van der Waals surface area contributed by atoms with E-state index in [1.807, 2.05) is 5.32 Å². The molecule has 0 aliphatic rings. The van der Waals surface area contributed by atoms with Gasteiger partial charge in [0.15, 0.2) is 5.76 Å². The van der Waals surface area contributed by atoms with Crippen LogP contribution in [0.5, 0.6) is 0 Å². The van der Waals surface area contributed by atoms with Gasteiger partial charge in [0.1, 0.15) is 11.5 Å². The number of primary amides is 1. The first-order valence-electron chi connectivity index (χ1n) is 6.15. The van der Waals surface area contributed by atoms with Crippen LogP contribution >= 0.6 is 0 Å². The highest BCUT2D eigenvalue weighted by Crippen LogP contribution is 2.13. The van der Waals surface area contributed by atoms with Crippen LogP contribution < -0.4 is 11.1 Å². The number of amides is 4. The summed E-state index contributed by atoms with van der Waals surface area (Å²) in [5, 5.41) is 16.4. The summed E-state index contributed by atoms with van der Waals surface area (Å²) in [5.41, 5.74) is 4.97. The van der Waals surface area contributed by atoms with E-state index in [1.165, 1.54) is 13.0 Å². The van der Waals surface area contributed by atoms with E-state index in [0.717, 1.165) is 12.3 Å². The van der Waals surface area contributed by atoms with E-state index in [2.05, 4.69) is 9.84 Å². The average molecular weight is 327 g/mol. The van der Waals surface area contributed by atoms with Crippen molar-refractivity contribution in [2.75, 3.05) is 13.2 Å². The fourth-order valence-electron chi connectivity index (χ4n) is 1.27. The van der Waals surface area contributed by atoms with Crippen molar-refractivity contribution in [3.05, 3.63) is 28.0 Å². The van der Waals surface area contributed by atoms with Gasteiger partial charge in [0.25, 0.3) is 0 Å². The molecule has 0 aliphatic carbocycles. The summed E-state index contributed by atoms with van der Waals surface area (Å²) in [7, 11) is 0. The molecule has 12 heteroatoms. The van der Waals surface area contributed by atoms with Crippen molar-refractivity contribution < 1.29 is 28.5 Å². The number of hydrogen-bond acceptors (Lipinski definition) is 8. The number of nitrogens with two attached hydrogens (primary N) is 1. The molecule has 0 saturated heterocycles. The Labute approximate surface area is 129 Å². The molecule has 1 heterocycles. The topological polar surface area (TPSA) is 170 Å². The number of carbonyl (C=O) groups excluding carboxylic acids is 3. The van der Waals surface area contributed by atoms with Crippen molar-refractivity contribution in [1.82, 2.24) is 10.3 Å². The molecule has 0 saturated carbocycles. The monoisotopic (exact) mass is 327 g/mol. The number of ether oxygens (including phenoxy) is 1. The van der Waals surface area contributed by atoms with Gasteiger partial charge < -0.3 is 14.9 Å². The van der Waals surface area contributed by atoms with Crippen LogP contribution in [-0.4, -0.2) is 47.3 Å². The Morgan fingerprint density at radius 3 is 2.74 bits per heavy atom. The molecule has 0 radical (unpaired) electrons. The lowest BCUT2D eigenvalue weighted by Gasteiger charge is -2.14. The number of hydrazone groups is 1. The molecular formula is C11H13N5O7. The minimum Gasteiger partial charge on any atom is -0.450 e. The number of nitro groups is 1. The minimum absolute atomic E-state index is 0.0360. The second-order valence-corrected chi connectivity index (χ2v) is 3.85. The quantitative estimate of drug-likeness (QED) is 0.426. The highest BCUT2D eigenvalue weighted by molar-refractivity contribution is 5.93. The summed E-state index contributed by atoms with van der Waals surface area (Å²) in [6.45, 7) is 0.937. The smallest absolute Gasteiger partial charge is 0.433 e. The Balaban J connectivity index is 2.82. The lowest BCUT2D eigenvalue weighted by molar-refractivity contribution is -0.402. The van der Waals surface area contributed by atoms with E-state index < -0.39 is 35.4 Å². The van der Waals surface area contributed by atoms with Crippen molar-refractivity contribution in [3.8, 4) is 0 Å². The molecule has 0 aliphatic heterocycles. The first kappa shape index (κ1) is 17.6. The van der Waals surface area contributed by atoms with Crippen LogP contribution in [0.2, 0.25) is 0 Å². The molecule has 1 aromatic rings. The second kappa shape index (κ2) is 8.11. The van der Waals surface area contributed by atoms with Crippen LogP contribution in [0.3, 0.4) is 0 Å². The standard InChI is InChI=1S/C11H13N5O7/c1-2-22-11(19)14-10(18)15(6-8(12)17)13-5-7-3-4-9(23-7)16(20)21/h3-5H,2,6H2,1H3,(H2,12,17)(H,14,18,19)/b13-5+. The van der Waals surface area contributed by atoms with Crippen LogP contribution in [0.1, 0.15) is 12.7 Å². The molecule has 124 valence electrons. The van der Waals surface area contributed by atoms with Gasteiger partial charge in [-0.05, 0) is 13.0 Å². The van der Waals surface area contributed by atoms with Crippen molar-refractivity contribution in [2.24, 2.45) is 10.8 Å². The molecule has 0 aromatic carbocycles. The normalized spacial score (nSPS) is 10.3. The van der Waals surface area contributed by atoms with Crippen molar-refractivity contribution >= 4 is 30.1 Å². The SMILES string of the molecule is CCOC(=O)NC(=O)N(CC(N)=O)/N=C/c1ccc([N+](=O)[O-])o1. The van der Waals surface area contributed by atoms with Gasteiger partial charge in [-0.25, -0.2) is 19.9 Å². The van der Waals surface area contributed by atoms with Crippen molar-refractivity contribution in [3.63, 3.8) is 0 Å². The van der Waals surface area contributed by atoms with E-state index in [4.69, 9.17) is 10.2 Å². The number of hydrogen-bond donors (Lipinski definition) is 2. The number of nitrogens with one attached hydrogen (secondary N) is 1. The summed E-state index contributed by atoms with van der Waals surface area (Å²) in [6.07, 6.45) is -0.0865. The van der Waals surface area contributed by atoms with E-state index in [-0.39, 0.29) is 12.4 Å². The molecule has 4 amide bonds. The number of carbonyl (C=O) groups is 3. The Morgan fingerprint density at radius 2 is 2.22 bits per heavy atom. The van der Waals surface area contributed by atoms with Gasteiger partial charge in [0, 0.05) is 0 Å². The van der Waals surface area contributed by atoms with Crippen LogP contribution in [0, 0.1) is 10.1 Å². The van der Waals surface area contributed by atoms with E-state index in [0.29, 0.717) is 5.01 Å². The molecule has 0 bridgehead atoms. The maximum Gasteiger partial charge on any atom is 0.433 e. The third-order valence-corrected chi connectivity index (χ3v) is 2.14. The number of urea groups is 1. The van der Waals surface area contributed by atoms with Gasteiger partial charge in [-0.1, -0.05) is 0 Å². The first-order chi connectivity index (χ1) is 10.8. The van der Waals surface area contributed by atoms with Gasteiger partial charge in [-0.3, -0.25) is 14.9 Å². The van der Waals surface area contributed by atoms with Gasteiger partial charge in [-0.2, -0.15) is 5.10 Å². The average Bonchev–Trinajstić information content (AvgIpc) is 2.92. The van der Waals surface area contributed by atoms with Gasteiger partial charge in [0.05, 0.1) is 18.9 Å². The zero-order valence-corrected chi connectivity index (χ0v) is 11.9. The van der Waals surface area contributed by atoms with Crippen molar-refractivity contribution in [2.45, 2.75) is 6.92 Å². The first-order valence-corrected chi connectivity index (χ1v) is 6.15. The molecule has 0 fully saturated rings. The van der Waals surface area contributed by atoms with Crippen LogP contribution in [0.4, 0.5) is 15.5 Å². The lowest BCUT2D eigenvalue weighted by Crippen LogP contribution is -2.44. The lowest BCUT2D eigenvalue weighted by atomic mass is 10.5. The number of nitrogens with zero attached hydrogens (tertiary/aromatic N) is 3. The maximum atomic E-state index is 11.8. The largest absolute Gasteiger partial charge is 0.450 e. The number of imide groups is 1. The number of furan rings is 1. The maximum absolute atomic E-state index is 11.8. The van der Waals surface area contributed by atoms with Gasteiger partial charge in [-0.15, -0.1) is 0 Å². The molecule has 1 aromatic heterocycles. The summed E-state index contributed by atoms with van der Waals surface area (Å²) in [6, 6.07) is 1.24. The predicted molar refractivity (Wildman–Crippen MR) is 74.4 cm³/mol. The summed E-state index contributed by atoms with van der Waals surface area (Å²) < 4.78 is 9.29. The fraction of sp³-hybridized carbons (Fsp3) is 0.273. The molecule has 0 spiro atoms. The highest BCUT2D eigenvalue weighted by atomic mass is 16.6. The predicted octanol–water partition coefficient (Wildman–Crippen LogP) is 0.175. The molecule has 12 nitrogen and oxygen atoms in total. The Bertz CT molecular complexity index is 638. The summed E-state index contributed by atoms with van der Waals surface area (Å²) in [4.78, 5) is 43.5. The minimum atomic E-state index is -1.07. The van der Waals surface area contributed by atoms with E-state index >= 15 is 0 Å². The summed E-state index contributed by atoms with van der Waals surface area (Å²) >= 11 is 0. The molecule has 0 unspecified atom stereocenters. The Hall–Kier alpha value is -3.44. The van der Waals surface area contributed by atoms with Crippen LogP contribution in [0.25, 0.3) is 0 Å². The third-order valence-electron chi connectivity index (χ3n) is 2.14. The fourth-order valence-corrected chi connectivity index (χ4v) is 1.27. The molecule has 1 rings (SSSR count). The number of alkyl carbamates (subject to hydrolysis) is 1. The molecule has 0 atom stereocenters. The van der Waals surface area contributed by atoms with Crippen molar-refractivity contribution in [1.29, 1.82) is 0 Å². The third kappa shape index (κ3) is 5.82. The van der Waals surface area contributed by atoms with E-state index in [9.17, 15) is 24.5 Å². The zero-order valence-electron chi connectivity index (χ0n) is 11.9. The molecular weight excluding hydrogens is 314 g/mol. The van der Waals surface area contributed by atoms with Crippen LogP contribution in [-0.2, 0) is 9.53 Å². The Morgan fingerprint density at radius 1 is 1.52 bits per heavy atom. The second-order valence-electron chi connectivity index (χ2n) is 3.85. The van der Waals surface area contributed by atoms with Crippen LogP contribution in [0.15, 0.2) is 21.7 Å². The Kier molecular flexibility index (Phi) is 6.21. The van der Waals surface area contributed by atoms with Gasteiger partial charge in [0.2, 0.25) is 5.91 Å². The summed E-state index contributed by atoms with van der Waals surface area (Å²) in [5.74, 6) is -1.47. The zero-order chi connectivity index (χ0) is 17.4. The molecule has 23 heavy (non-hydrogen) atoms. The van der Waals surface area contributed by atoms with E-state index in [1.54, 1.807) is 0 Å². The van der Waals surface area contributed by atoms with Gasteiger partial charge >= 0.3 is 18.0 Å². The molecule has 3 N–H and O–H groups in total. The number of rotatable bonds is 6.